The minimum atomic E-state index is 0.0185. The molecular formula is C16H14N2O2S2. The van der Waals surface area contributed by atoms with Gasteiger partial charge >= 0.3 is 0 Å². The predicted octanol–water partition coefficient (Wildman–Crippen LogP) is 4.27. The van der Waals surface area contributed by atoms with Crippen molar-refractivity contribution < 1.29 is 9.21 Å². The van der Waals surface area contributed by atoms with Crippen LogP contribution in [0.2, 0.25) is 0 Å². The number of carbonyl (C=O) groups is 1. The zero-order valence-electron chi connectivity index (χ0n) is 11.8. The van der Waals surface area contributed by atoms with Crippen LogP contribution in [0.15, 0.2) is 45.7 Å². The third-order valence-electron chi connectivity index (χ3n) is 3.61. The van der Waals surface area contributed by atoms with Gasteiger partial charge in [-0.25, -0.2) is 4.98 Å². The molecule has 1 fully saturated rings. The number of carbonyl (C=O) groups excluding carboxylic acids is 1. The van der Waals surface area contributed by atoms with E-state index in [1.165, 1.54) is 16.2 Å². The Balaban J connectivity index is 1.56. The largest absolute Gasteiger partial charge is 0.462 e. The van der Waals surface area contributed by atoms with Gasteiger partial charge in [0.15, 0.2) is 10.8 Å². The zero-order chi connectivity index (χ0) is 14.9. The predicted molar refractivity (Wildman–Crippen MR) is 87.0 cm³/mol. The molecule has 0 aliphatic heterocycles. The van der Waals surface area contributed by atoms with Gasteiger partial charge in [-0.2, -0.15) is 0 Å². The van der Waals surface area contributed by atoms with Gasteiger partial charge in [-0.15, -0.1) is 22.7 Å². The SMILES string of the molecule is O=C(c1csc(-c2ccco2)n1)N(Cc1cccs1)C1CC1. The normalized spacial score (nSPS) is 14.2. The Hall–Kier alpha value is -1.92. The van der Waals surface area contributed by atoms with Crippen molar-refractivity contribution in [2.45, 2.75) is 25.4 Å². The van der Waals surface area contributed by atoms with Crippen LogP contribution in [0, 0.1) is 0 Å². The molecule has 3 heterocycles. The molecule has 1 aliphatic carbocycles. The highest BCUT2D eigenvalue weighted by Crippen LogP contribution is 2.32. The maximum absolute atomic E-state index is 12.8. The summed E-state index contributed by atoms with van der Waals surface area (Å²) in [7, 11) is 0. The van der Waals surface area contributed by atoms with Crippen molar-refractivity contribution in [2.24, 2.45) is 0 Å². The molecule has 6 heteroatoms. The van der Waals surface area contributed by atoms with E-state index in [0.717, 1.165) is 17.8 Å². The van der Waals surface area contributed by atoms with E-state index in [0.29, 0.717) is 24.0 Å². The number of rotatable bonds is 5. The minimum Gasteiger partial charge on any atom is -0.462 e. The molecule has 3 aromatic heterocycles. The third-order valence-corrected chi connectivity index (χ3v) is 5.33. The first kappa shape index (κ1) is 13.7. The first-order valence-corrected chi connectivity index (χ1v) is 8.90. The summed E-state index contributed by atoms with van der Waals surface area (Å²) in [6.45, 7) is 0.675. The molecular weight excluding hydrogens is 316 g/mol. The van der Waals surface area contributed by atoms with Crippen LogP contribution < -0.4 is 0 Å². The minimum absolute atomic E-state index is 0.0185. The smallest absolute Gasteiger partial charge is 0.273 e. The number of aromatic nitrogens is 1. The van der Waals surface area contributed by atoms with Crippen molar-refractivity contribution in [3.63, 3.8) is 0 Å². The fourth-order valence-corrected chi connectivity index (χ4v) is 3.82. The molecule has 112 valence electrons. The average molecular weight is 330 g/mol. The molecule has 1 aliphatic rings. The number of amides is 1. The fourth-order valence-electron chi connectivity index (χ4n) is 2.36. The van der Waals surface area contributed by atoms with Crippen molar-refractivity contribution in [1.29, 1.82) is 0 Å². The summed E-state index contributed by atoms with van der Waals surface area (Å²) in [6, 6.07) is 8.14. The number of furan rings is 1. The molecule has 0 spiro atoms. The van der Waals surface area contributed by atoms with Gasteiger partial charge in [-0.1, -0.05) is 6.07 Å². The molecule has 4 nitrogen and oxygen atoms in total. The number of hydrogen-bond donors (Lipinski definition) is 0. The van der Waals surface area contributed by atoms with Gasteiger partial charge in [-0.05, 0) is 36.4 Å². The topological polar surface area (TPSA) is 46.3 Å². The van der Waals surface area contributed by atoms with Gasteiger partial charge in [0.25, 0.3) is 5.91 Å². The van der Waals surface area contributed by atoms with Crippen LogP contribution in [0.1, 0.15) is 28.2 Å². The Morgan fingerprint density at radius 3 is 2.91 bits per heavy atom. The number of hydrogen-bond acceptors (Lipinski definition) is 5. The molecule has 0 bridgehead atoms. The van der Waals surface area contributed by atoms with Gasteiger partial charge in [0, 0.05) is 16.3 Å². The van der Waals surface area contributed by atoms with E-state index < -0.39 is 0 Å². The summed E-state index contributed by atoms with van der Waals surface area (Å²) in [5, 5.41) is 4.62. The van der Waals surface area contributed by atoms with Crippen LogP contribution in [0.4, 0.5) is 0 Å². The van der Waals surface area contributed by atoms with Crippen molar-refractivity contribution in [2.75, 3.05) is 0 Å². The van der Waals surface area contributed by atoms with Gasteiger partial charge in [0.2, 0.25) is 0 Å². The highest BCUT2D eigenvalue weighted by atomic mass is 32.1. The van der Waals surface area contributed by atoms with Gasteiger partial charge in [0.05, 0.1) is 12.8 Å². The van der Waals surface area contributed by atoms with Crippen molar-refractivity contribution in [1.82, 2.24) is 9.88 Å². The van der Waals surface area contributed by atoms with Gasteiger partial charge in [-0.3, -0.25) is 4.79 Å². The molecule has 0 unspecified atom stereocenters. The van der Waals surface area contributed by atoms with Crippen molar-refractivity contribution >= 4 is 28.6 Å². The maximum Gasteiger partial charge on any atom is 0.273 e. The van der Waals surface area contributed by atoms with E-state index in [1.807, 2.05) is 33.9 Å². The summed E-state index contributed by atoms with van der Waals surface area (Å²) in [5.41, 5.74) is 0.514. The van der Waals surface area contributed by atoms with E-state index in [1.54, 1.807) is 17.6 Å². The Kier molecular flexibility index (Phi) is 3.56. The molecule has 0 aromatic carbocycles. The second-order valence-electron chi connectivity index (χ2n) is 5.26. The molecule has 0 saturated heterocycles. The van der Waals surface area contributed by atoms with Gasteiger partial charge < -0.3 is 9.32 Å². The molecule has 0 N–H and O–H groups in total. The molecule has 1 amide bonds. The monoisotopic (exact) mass is 330 g/mol. The summed E-state index contributed by atoms with van der Waals surface area (Å²) in [6.07, 6.45) is 3.80. The first-order valence-electron chi connectivity index (χ1n) is 7.14. The molecule has 4 rings (SSSR count). The fraction of sp³-hybridized carbons (Fsp3) is 0.250. The number of thiophene rings is 1. The van der Waals surface area contributed by atoms with E-state index in [2.05, 4.69) is 11.1 Å². The van der Waals surface area contributed by atoms with Crippen molar-refractivity contribution in [3.05, 3.63) is 51.9 Å². The summed E-state index contributed by atoms with van der Waals surface area (Å²) >= 11 is 3.13. The standard InChI is InChI=1S/C16H14N2O2S2/c19-16(13-10-22-15(17-13)14-4-1-7-20-14)18(11-5-6-11)9-12-3-2-8-21-12/h1-4,7-8,10-11H,5-6,9H2. The van der Waals surface area contributed by atoms with E-state index >= 15 is 0 Å². The summed E-state index contributed by atoms with van der Waals surface area (Å²) < 4.78 is 5.34. The zero-order valence-corrected chi connectivity index (χ0v) is 13.4. The second kappa shape index (κ2) is 5.70. The van der Waals surface area contributed by atoms with E-state index in [-0.39, 0.29) is 5.91 Å². The Morgan fingerprint density at radius 2 is 2.23 bits per heavy atom. The van der Waals surface area contributed by atoms with Crippen LogP contribution in [-0.4, -0.2) is 21.8 Å². The quantitative estimate of drug-likeness (QED) is 0.702. The Bertz CT molecular complexity index is 758. The van der Waals surface area contributed by atoms with Crippen LogP contribution >= 0.6 is 22.7 Å². The Morgan fingerprint density at radius 1 is 1.32 bits per heavy atom. The maximum atomic E-state index is 12.8. The molecule has 1 saturated carbocycles. The Labute approximate surface area is 136 Å². The summed E-state index contributed by atoms with van der Waals surface area (Å²) in [5.74, 6) is 0.727. The molecule has 0 radical (unpaired) electrons. The van der Waals surface area contributed by atoms with Crippen molar-refractivity contribution in [3.8, 4) is 10.8 Å². The third kappa shape index (κ3) is 2.71. The van der Waals surface area contributed by atoms with Crippen LogP contribution in [0.3, 0.4) is 0 Å². The number of thiazole rings is 1. The van der Waals surface area contributed by atoms with E-state index in [4.69, 9.17) is 4.42 Å². The van der Waals surface area contributed by atoms with Gasteiger partial charge in [0.1, 0.15) is 5.69 Å². The van der Waals surface area contributed by atoms with Crippen LogP contribution in [0.5, 0.6) is 0 Å². The van der Waals surface area contributed by atoms with Crippen LogP contribution in [-0.2, 0) is 6.54 Å². The second-order valence-corrected chi connectivity index (χ2v) is 7.15. The molecule has 3 aromatic rings. The lowest BCUT2D eigenvalue weighted by Crippen LogP contribution is -2.32. The molecule has 22 heavy (non-hydrogen) atoms. The highest BCUT2D eigenvalue weighted by molar-refractivity contribution is 7.13. The average Bonchev–Trinajstić information content (AvgIpc) is 3.01. The summed E-state index contributed by atoms with van der Waals surface area (Å²) in [4.78, 5) is 20.4. The lowest BCUT2D eigenvalue weighted by molar-refractivity contribution is 0.0726. The molecule has 0 atom stereocenters. The lowest BCUT2D eigenvalue weighted by atomic mass is 10.3. The van der Waals surface area contributed by atoms with E-state index in [9.17, 15) is 4.79 Å². The first-order chi connectivity index (χ1) is 10.8. The number of nitrogens with zero attached hydrogens (tertiary/aromatic N) is 2. The highest BCUT2D eigenvalue weighted by Gasteiger charge is 2.34. The van der Waals surface area contributed by atoms with Crippen LogP contribution in [0.25, 0.3) is 10.8 Å². The lowest BCUT2D eigenvalue weighted by Gasteiger charge is -2.20.